The van der Waals surface area contributed by atoms with Crippen molar-refractivity contribution >= 4 is 5.91 Å². The van der Waals surface area contributed by atoms with E-state index in [0.29, 0.717) is 6.54 Å². The van der Waals surface area contributed by atoms with E-state index in [9.17, 15) is 4.79 Å². The predicted octanol–water partition coefficient (Wildman–Crippen LogP) is 1.12. The smallest absolute Gasteiger partial charge is 0.236 e. The first kappa shape index (κ1) is 15.8. The number of amides is 1. The molecule has 0 aliphatic carbocycles. The SMILES string of the molecule is COc1ccc([C@@H](C)NCC(=O)N2CCN(C)CC2)cc1. The topological polar surface area (TPSA) is 44.8 Å². The predicted molar refractivity (Wildman–Crippen MR) is 83.5 cm³/mol. The lowest BCUT2D eigenvalue weighted by molar-refractivity contribution is -0.131. The zero-order chi connectivity index (χ0) is 15.2. The normalized spacial score (nSPS) is 17.6. The van der Waals surface area contributed by atoms with Crippen LogP contribution in [0, 0.1) is 0 Å². The fraction of sp³-hybridized carbons (Fsp3) is 0.562. The Balaban J connectivity index is 1.79. The molecule has 0 spiro atoms. The van der Waals surface area contributed by atoms with Crippen LogP contribution in [-0.2, 0) is 4.79 Å². The molecule has 0 aromatic heterocycles. The summed E-state index contributed by atoms with van der Waals surface area (Å²) in [4.78, 5) is 16.4. The highest BCUT2D eigenvalue weighted by atomic mass is 16.5. The van der Waals surface area contributed by atoms with Gasteiger partial charge in [-0.1, -0.05) is 12.1 Å². The van der Waals surface area contributed by atoms with Gasteiger partial charge in [-0.3, -0.25) is 4.79 Å². The molecule has 1 aliphatic heterocycles. The number of ether oxygens (including phenoxy) is 1. The Hall–Kier alpha value is -1.59. The van der Waals surface area contributed by atoms with Crippen molar-refractivity contribution in [1.29, 1.82) is 0 Å². The van der Waals surface area contributed by atoms with Gasteiger partial charge in [0.15, 0.2) is 0 Å². The highest BCUT2D eigenvalue weighted by Gasteiger charge is 2.19. The molecule has 1 aliphatic rings. The minimum atomic E-state index is 0.146. The van der Waals surface area contributed by atoms with Crippen LogP contribution in [0.4, 0.5) is 0 Å². The van der Waals surface area contributed by atoms with Crippen LogP contribution in [-0.4, -0.2) is 62.6 Å². The van der Waals surface area contributed by atoms with Gasteiger partial charge in [-0.2, -0.15) is 0 Å². The first-order valence-corrected chi connectivity index (χ1v) is 7.44. The van der Waals surface area contributed by atoms with E-state index in [-0.39, 0.29) is 11.9 Å². The van der Waals surface area contributed by atoms with Gasteiger partial charge >= 0.3 is 0 Å². The third-order valence-electron chi connectivity index (χ3n) is 4.03. The molecule has 1 saturated heterocycles. The third-order valence-corrected chi connectivity index (χ3v) is 4.03. The molecule has 1 fully saturated rings. The van der Waals surface area contributed by atoms with Gasteiger partial charge in [-0.05, 0) is 31.7 Å². The van der Waals surface area contributed by atoms with Crippen LogP contribution < -0.4 is 10.1 Å². The van der Waals surface area contributed by atoms with E-state index in [4.69, 9.17) is 4.74 Å². The van der Waals surface area contributed by atoms with Crippen molar-refractivity contribution in [2.75, 3.05) is 46.9 Å². The summed E-state index contributed by atoms with van der Waals surface area (Å²) in [6.07, 6.45) is 0. The molecule has 1 heterocycles. The van der Waals surface area contributed by atoms with E-state index in [1.807, 2.05) is 29.2 Å². The maximum absolute atomic E-state index is 12.2. The van der Waals surface area contributed by atoms with Gasteiger partial charge in [-0.25, -0.2) is 0 Å². The zero-order valence-electron chi connectivity index (χ0n) is 13.1. The van der Waals surface area contributed by atoms with E-state index in [1.54, 1.807) is 7.11 Å². The van der Waals surface area contributed by atoms with Crippen LogP contribution in [0.25, 0.3) is 0 Å². The van der Waals surface area contributed by atoms with Crippen molar-refractivity contribution < 1.29 is 9.53 Å². The van der Waals surface area contributed by atoms with Crippen LogP contribution in [0.15, 0.2) is 24.3 Å². The largest absolute Gasteiger partial charge is 0.497 e. The van der Waals surface area contributed by atoms with E-state index in [2.05, 4.69) is 24.2 Å². The lowest BCUT2D eigenvalue weighted by atomic mass is 10.1. The molecule has 0 saturated carbocycles. The van der Waals surface area contributed by atoms with Crippen LogP contribution >= 0.6 is 0 Å². The van der Waals surface area contributed by atoms with E-state index in [1.165, 1.54) is 0 Å². The Kier molecular flexibility index (Phi) is 5.59. The molecule has 116 valence electrons. The Labute approximate surface area is 126 Å². The fourth-order valence-corrected chi connectivity index (χ4v) is 2.42. The molecule has 1 N–H and O–H groups in total. The van der Waals surface area contributed by atoms with Crippen molar-refractivity contribution in [2.24, 2.45) is 0 Å². The number of benzene rings is 1. The Bertz CT molecular complexity index is 453. The highest BCUT2D eigenvalue weighted by Crippen LogP contribution is 2.17. The number of carbonyl (C=O) groups is 1. The van der Waals surface area contributed by atoms with Gasteiger partial charge < -0.3 is 19.9 Å². The zero-order valence-corrected chi connectivity index (χ0v) is 13.1. The molecular formula is C16H25N3O2. The van der Waals surface area contributed by atoms with Gasteiger partial charge in [-0.15, -0.1) is 0 Å². The van der Waals surface area contributed by atoms with Crippen molar-refractivity contribution in [2.45, 2.75) is 13.0 Å². The standard InChI is InChI=1S/C16H25N3O2/c1-13(14-4-6-15(21-3)7-5-14)17-12-16(20)19-10-8-18(2)9-11-19/h4-7,13,17H,8-12H2,1-3H3/t13-/m1/s1. The number of methoxy groups -OCH3 is 1. The quantitative estimate of drug-likeness (QED) is 0.883. The molecule has 1 amide bonds. The summed E-state index contributed by atoms with van der Waals surface area (Å²) in [5, 5.41) is 3.30. The Morgan fingerprint density at radius 3 is 2.43 bits per heavy atom. The minimum Gasteiger partial charge on any atom is -0.497 e. The molecular weight excluding hydrogens is 266 g/mol. The molecule has 0 bridgehead atoms. The van der Waals surface area contributed by atoms with Crippen LogP contribution in [0.1, 0.15) is 18.5 Å². The summed E-state index contributed by atoms with van der Waals surface area (Å²) in [5.74, 6) is 1.03. The summed E-state index contributed by atoms with van der Waals surface area (Å²) < 4.78 is 5.15. The van der Waals surface area contributed by atoms with E-state index >= 15 is 0 Å². The summed E-state index contributed by atoms with van der Waals surface area (Å²) in [6.45, 7) is 6.03. The van der Waals surface area contributed by atoms with Gasteiger partial charge in [0.25, 0.3) is 0 Å². The number of hydrogen-bond donors (Lipinski definition) is 1. The molecule has 0 unspecified atom stereocenters. The molecule has 21 heavy (non-hydrogen) atoms. The average Bonchev–Trinajstić information content (AvgIpc) is 2.53. The number of nitrogens with one attached hydrogen (secondary N) is 1. The second kappa shape index (κ2) is 7.43. The maximum atomic E-state index is 12.2. The van der Waals surface area contributed by atoms with E-state index in [0.717, 1.165) is 37.5 Å². The average molecular weight is 291 g/mol. The Morgan fingerprint density at radius 1 is 1.24 bits per heavy atom. The lowest BCUT2D eigenvalue weighted by Crippen LogP contribution is -2.49. The highest BCUT2D eigenvalue weighted by molar-refractivity contribution is 5.78. The third kappa shape index (κ3) is 4.44. The summed E-state index contributed by atoms with van der Waals surface area (Å²) in [5.41, 5.74) is 1.15. The molecule has 5 heteroatoms. The van der Waals surface area contributed by atoms with E-state index < -0.39 is 0 Å². The van der Waals surface area contributed by atoms with Crippen molar-refractivity contribution in [3.63, 3.8) is 0 Å². The van der Waals surface area contributed by atoms with Crippen molar-refractivity contribution in [1.82, 2.24) is 15.1 Å². The Morgan fingerprint density at radius 2 is 1.86 bits per heavy atom. The van der Waals surface area contributed by atoms with Gasteiger partial charge in [0.2, 0.25) is 5.91 Å². The number of nitrogens with zero attached hydrogens (tertiary/aromatic N) is 2. The van der Waals surface area contributed by atoms with Crippen LogP contribution in [0.5, 0.6) is 5.75 Å². The number of rotatable bonds is 5. The second-order valence-electron chi connectivity index (χ2n) is 5.56. The molecule has 5 nitrogen and oxygen atoms in total. The lowest BCUT2D eigenvalue weighted by Gasteiger charge is -2.32. The van der Waals surface area contributed by atoms with Crippen molar-refractivity contribution in [3.8, 4) is 5.75 Å². The van der Waals surface area contributed by atoms with Crippen LogP contribution in [0.2, 0.25) is 0 Å². The molecule has 0 radical (unpaired) electrons. The number of likely N-dealkylation sites (N-methyl/N-ethyl adjacent to an activating group) is 1. The van der Waals surface area contributed by atoms with Gasteiger partial charge in [0.1, 0.15) is 5.75 Å². The molecule has 2 rings (SSSR count). The summed E-state index contributed by atoms with van der Waals surface area (Å²) in [7, 11) is 3.75. The number of carbonyl (C=O) groups excluding carboxylic acids is 1. The van der Waals surface area contributed by atoms with Crippen LogP contribution in [0.3, 0.4) is 0 Å². The maximum Gasteiger partial charge on any atom is 0.236 e. The van der Waals surface area contributed by atoms with Gasteiger partial charge in [0.05, 0.1) is 13.7 Å². The number of piperazine rings is 1. The fourth-order valence-electron chi connectivity index (χ4n) is 2.42. The molecule has 1 aromatic carbocycles. The molecule has 1 aromatic rings. The number of hydrogen-bond acceptors (Lipinski definition) is 4. The molecule has 1 atom stereocenters. The summed E-state index contributed by atoms with van der Waals surface area (Å²) in [6, 6.07) is 8.08. The van der Waals surface area contributed by atoms with Crippen molar-refractivity contribution in [3.05, 3.63) is 29.8 Å². The second-order valence-corrected chi connectivity index (χ2v) is 5.56. The van der Waals surface area contributed by atoms with Gasteiger partial charge in [0, 0.05) is 32.2 Å². The minimum absolute atomic E-state index is 0.146. The first-order chi connectivity index (χ1) is 10.1. The monoisotopic (exact) mass is 291 g/mol. The summed E-state index contributed by atoms with van der Waals surface area (Å²) >= 11 is 0. The first-order valence-electron chi connectivity index (χ1n) is 7.44.